The molecule has 0 saturated carbocycles. The lowest BCUT2D eigenvalue weighted by molar-refractivity contribution is -0.138. The summed E-state index contributed by atoms with van der Waals surface area (Å²) in [6, 6.07) is 0. The zero-order valence-electron chi connectivity index (χ0n) is 7.20. The second kappa shape index (κ2) is 5.99. The van der Waals surface area contributed by atoms with Crippen molar-refractivity contribution in [3.63, 3.8) is 0 Å². The molecule has 74 valence electrons. The number of amides is 2. The number of carbonyl (C=O) groups excluding carboxylic acids is 2. The maximum atomic E-state index is 10.8. The molecule has 0 radical (unpaired) electrons. The summed E-state index contributed by atoms with van der Waals surface area (Å²) in [4.78, 5) is 31.4. The Bertz CT molecular complexity index is 213. The van der Waals surface area contributed by atoms with Crippen molar-refractivity contribution in [1.29, 1.82) is 0 Å². The summed E-state index contributed by atoms with van der Waals surface area (Å²) in [6.07, 6.45) is -1.38. The van der Waals surface area contributed by atoms with E-state index in [1.165, 1.54) is 0 Å². The van der Waals surface area contributed by atoms with Crippen LogP contribution in [-0.4, -0.2) is 29.7 Å². The summed E-state index contributed by atoms with van der Waals surface area (Å²) in [7, 11) is 0. The molecule has 0 aliphatic rings. The molecule has 0 fully saturated rings. The fourth-order valence-electron chi connectivity index (χ4n) is 0.564. The first kappa shape index (κ1) is 11.4. The van der Waals surface area contributed by atoms with Crippen LogP contribution in [0.2, 0.25) is 0 Å². The molecule has 0 aliphatic heterocycles. The molecular weight excluding hydrogens is 178 g/mol. The van der Waals surface area contributed by atoms with Gasteiger partial charge in [0.2, 0.25) is 5.91 Å². The molecule has 6 nitrogen and oxygen atoms in total. The zero-order valence-corrected chi connectivity index (χ0v) is 7.20. The Labute approximate surface area is 74.9 Å². The SMILES string of the molecule is CCOC(=O)NC(=O)CCC(=O)O. The molecule has 2 amide bonds. The van der Waals surface area contributed by atoms with Crippen LogP contribution in [0.3, 0.4) is 0 Å². The first-order chi connectivity index (χ1) is 6.06. The number of imide groups is 1. The van der Waals surface area contributed by atoms with E-state index in [1.54, 1.807) is 6.92 Å². The monoisotopic (exact) mass is 189 g/mol. The van der Waals surface area contributed by atoms with Gasteiger partial charge in [-0.3, -0.25) is 14.9 Å². The summed E-state index contributed by atoms with van der Waals surface area (Å²) in [5.74, 6) is -1.74. The second-order valence-corrected chi connectivity index (χ2v) is 2.16. The van der Waals surface area contributed by atoms with Gasteiger partial charge in [0.25, 0.3) is 0 Å². The molecule has 0 rings (SSSR count). The predicted molar refractivity (Wildman–Crippen MR) is 42.0 cm³/mol. The van der Waals surface area contributed by atoms with Gasteiger partial charge in [-0.25, -0.2) is 4.79 Å². The third kappa shape index (κ3) is 6.79. The fourth-order valence-corrected chi connectivity index (χ4v) is 0.564. The molecule has 0 aliphatic carbocycles. The standard InChI is InChI=1S/C7H11NO5/c1-2-13-7(12)8-5(9)3-4-6(10)11/h2-4H2,1H3,(H,10,11)(H,8,9,12). The van der Waals surface area contributed by atoms with Crippen LogP contribution in [0.25, 0.3) is 0 Å². The quantitative estimate of drug-likeness (QED) is 0.655. The number of carbonyl (C=O) groups is 3. The van der Waals surface area contributed by atoms with Crippen molar-refractivity contribution in [2.24, 2.45) is 0 Å². The Morgan fingerprint density at radius 2 is 1.92 bits per heavy atom. The molecule has 0 aromatic heterocycles. The Balaban J connectivity index is 3.62. The van der Waals surface area contributed by atoms with Gasteiger partial charge in [0.1, 0.15) is 0 Å². The largest absolute Gasteiger partial charge is 0.481 e. The first-order valence-corrected chi connectivity index (χ1v) is 3.74. The van der Waals surface area contributed by atoms with E-state index in [-0.39, 0.29) is 19.4 Å². The highest BCUT2D eigenvalue weighted by Crippen LogP contribution is 1.89. The molecule has 0 saturated heterocycles. The summed E-state index contributed by atoms with van der Waals surface area (Å²) in [6.45, 7) is 1.76. The summed E-state index contributed by atoms with van der Waals surface area (Å²) in [5, 5.41) is 10.1. The van der Waals surface area contributed by atoms with E-state index in [2.05, 4.69) is 4.74 Å². The van der Waals surface area contributed by atoms with Gasteiger partial charge in [-0.2, -0.15) is 0 Å². The van der Waals surface area contributed by atoms with Crippen molar-refractivity contribution < 1.29 is 24.2 Å². The maximum Gasteiger partial charge on any atom is 0.413 e. The van der Waals surface area contributed by atoms with Crippen LogP contribution in [-0.2, 0) is 14.3 Å². The lowest BCUT2D eigenvalue weighted by Crippen LogP contribution is -2.31. The van der Waals surface area contributed by atoms with Gasteiger partial charge in [-0.1, -0.05) is 0 Å². The molecule has 0 bridgehead atoms. The molecule has 0 aromatic carbocycles. The Morgan fingerprint density at radius 1 is 1.31 bits per heavy atom. The van der Waals surface area contributed by atoms with Crippen LogP contribution in [0.5, 0.6) is 0 Å². The maximum absolute atomic E-state index is 10.8. The smallest absolute Gasteiger partial charge is 0.413 e. The Morgan fingerprint density at radius 3 is 2.38 bits per heavy atom. The predicted octanol–water partition coefficient (Wildman–Crippen LogP) is 0.124. The van der Waals surface area contributed by atoms with Gasteiger partial charge in [-0.15, -0.1) is 0 Å². The van der Waals surface area contributed by atoms with Crippen molar-refractivity contribution in [3.8, 4) is 0 Å². The highest BCUT2D eigenvalue weighted by Gasteiger charge is 2.09. The van der Waals surface area contributed by atoms with Gasteiger partial charge in [0.05, 0.1) is 13.0 Å². The molecule has 0 heterocycles. The van der Waals surface area contributed by atoms with Gasteiger partial charge < -0.3 is 9.84 Å². The average molecular weight is 189 g/mol. The van der Waals surface area contributed by atoms with Crippen LogP contribution in [0.1, 0.15) is 19.8 Å². The number of rotatable bonds is 4. The van der Waals surface area contributed by atoms with Crippen molar-refractivity contribution in [1.82, 2.24) is 5.32 Å². The van der Waals surface area contributed by atoms with Crippen molar-refractivity contribution in [2.45, 2.75) is 19.8 Å². The minimum atomic E-state index is -1.08. The summed E-state index contributed by atoms with van der Waals surface area (Å²) < 4.78 is 4.40. The number of carboxylic acids is 1. The molecule has 2 N–H and O–H groups in total. The Kier molecular flexibility index (Phi) is 5.25. The van der Waals surface area contributed by atoms with Crippen LogP contribution >= 0.6 is 0 Å². The molecule has 6 heteroatoms. The van der Waals surface area contributed by atoms with E-state index in [1.807, 2.05) is 5.32 Å². The summed E-state index contributed by atoms with van der Waals surface area (Å²) in [5.41, 5.74) is 0. The van der Waals surface area contributed by atoms with E-state index >= 15 is 0 Å². The van der Waals surface area contributed by atoms with Gasteiger partial charge in [0, 0.05) is 6.42 Å². The van der Waals surface area contributed by atoms with Crippen molar-refractivity contribution in [3.05, 3.63) is 0 Å². The highest BCUT2D eigenvalue weighted by atomic mass is 16.5. The minimum absolute atomic E-state index is 0.165. The van der Waals surface area contributed by atoms with E-state index in [9.17, 15) is 14.4 Å². The third-order valence-electron chi connectivity index (χ3n) is 1.08. The van der Waals surface area contributed by atoms with Crippen molar-refractivity contribution in [2.75, 3.05) is 6.61 Å². The first-order valence-electron chi connectivity index (χ1n) is 3.74. The van der Waals surface area contributed by atoms with Crippen LogP contribution in [0, 0.1) is 0 Å². The Hall–Kier alpha value is -1.59. The topological polar surface area (TPSA) is 92.7 Å². The molecule has 0 atom stereocenters. The van der Waals surface area contributed by atoms with Gasteiger partial charge >= 0.3 is 12.1 Å². The number of carboxylic acid groups (broad SMARTS) is 1. The number of hydrogen-bond donors (Lipinski definition) is 2. The fraction of sp³-hybridized carbons (Fsp3) is 0.571. The lowest BCUT2D eigenvalue weighted by atomic mass is 10.3. The second-order valence-electron chi connectivity index (χ2n) is 2.16. The van der Waals surface area contributed by atoms with E-state index in [4.69, 9.17) is 5.11 Å². The van der Waals surface area contributed by atoms with Crippen LogP contribution in [0.15, 0.2) is 0 Å². The number of hydrogen-bond acceptors (Lipinski definition) is 4. The van der Waals surface area contributed by atoms with Crippen LogP contribution in [0.4, 0.5) is 4.79 Å². The highest BCUT2D eigenvalue weighted by molar-refractivity contribution is 5.92. The molecule has 13 heavy (non-hydrogen) atoms. The zero-order chi connectivity index (χ0) is 10.3. The minimum Gasteiger partial charge on any atom is -0.481 e. The number of ether oxygens (including phenoxy) is 1. The van der Waals surface area contributed by atoms with E-state index in [0.29, 0.717) is 0 Å². The third-order valence-corrected chi connectivity index (χ3v) is 1.08. The molecular formula is C7H11NO5. The molecule has 0 aromatic rings. The lowest BCUT2D eigenvalue weighted by Gasteiger charge is -2.01. The molecule has 0 spiro atoms. The van der Waals surface area contributed by atoms with E-state index in [0.717, 1.165) is 0 Å². The molecule has 0 unspecified atom stereocenters. The number of aliphatic carboxylic acids is 1. The number of nitrogens with one attached hydrogen (secondary N) is 1. The van der Waals surface area contributed by atoms with E-state index < -0.39 is 18.0 Å². The normalized spacial score (nSPS) is 9.00. The van der Waals surface area contributed by atoms with Crippen molar-refractivity contribution >= 4 is 18.0 Å². The summed E-state index contributed by atoms with van der Waals surface area (Å²) >= 11 is 0. The van der Waals surface area contributed by atoms with Crippen LogP contribution < -0.4 is 5.32 Å². The number of alkyl carbamates (subject to hydrolysis) is 1. The average Bonchev–Trinajstić information content (AvgIpc) is 2.01. The van der Waals surface area contributed by atoms with Gasteiger partial charge in [-0.05, 0) is 6.92 Å². The van der Waals surface area contributed by atoms with Gasteiger partial charge in [0.15, 0.2) is 0 Å².